The molecule has 0 amide bonds. The van der Waals surface area contributed by atoms with Gasteiger partial charge in [-0.25, -0.2) is 13.1 Å². The van der Waals surface area contributed by atoms with Gasteiger partial charge in [-0.3, -0.25) is 0 Å². The monoisotopic (exact) mass is 300 g/mol. The van der Waals surface area contributed by atoms with Gasteiger partial charge in [-0.1, -0.05) is 13.3 Å². The van der Waals surface area contributed by atoms with E-state index in [2.05, 4.69) is 4.72 Å². The Morgan fingerprint density at radius 1 is 1.25 bits per heavy atom. The van der Waals surface area contributed by atoms with E-state index >= 15 is 0 Å². The maximum Gasteiger partial charge on any atom is 0.241 e. The number of rotatable bonds is 8. The maximum atomic E-state index is 12.3. The first-order valence-corrected chi connectivity index (χ1v) is 8.26. The first-order valence-electron chi connectivity index (χ1n) is 6.77. The molecule has 0 heterocycles. The Bertz CT molecular complexity index is 510. The van der Waals surface area contributed by atoms with Crippen LogP contribution in [0.2, 0.25) is 0 Å². The van der Waals surface area contributed by atoms with Crippen LogP contribution in [0.3, 0.4) is 0 Å². The van der Waals surface area contributed by atoms with Crippen molar-refractivity contribution in [3.8, 4) is 5.75 Å². The molecule has 3 N–H and O–H groups in total. The first-order chi connectivity index (χ1) is 9.30. The predicted molar refractivity (Wildman–Crippen MR) is 80.3 cm³/mol. The molecule has 1 aromatic carbocycles. The van der Waals surface area contributed by atoms with E-state index in [4.69, 9.17) is 10.5 Å². The van der Waals surface area contributed by atoms with Crippen LogP contribution in [-0.4, -0.2) is 27.1 Å². The molecule has 0 bridgehead atoms. The average molecular weight is 300 g/mol. The van der Waals surface area contributed by atoms with Gasteiger partial charge in [0.15, 0.2) is 0 Å². The van der Waals surface area contributed by atoms with Gasteiger partial charge in [0, 0.05) is 12.1 Å². The van der Waals surface area contributed by atoms with Crippen LogP contribution in [0.4, 0.5) is 0 Å². The van der Waals surface area contributed by atoms with E-state index in [0.717, 1.165) is 12.8 Å². The van der Waals surface area contributed by atoms with Gasteiger partial charge in [0.25, 0.3) is 0 Å². The Balaban J connectivity index is 2.82. The minimum atomic E-state index is -3.51. The molecule has 0 aliphatic carbocycles. The van der Waals surface area contributed by atoms with Crippen molar-refractivity contribution in [2.45, 2.75) is 44.0 Å². The van der Waals surface area contributed by atoms with Crippen molar-refractivity contribution >= 4 is 10.0 Å². The number of nitrogens with two attached hydrogens (primary N) is 1. The summed E-state index contributed by atoms with van der Waals surface area (Å²) in [4.78, 5) is 0.238. The van der Waals surface area contributed by atoms with E-state index < -0.39 is 15.6 Å². The van der Waals surface area contributed by atoms with E-state index in [-0.39, 0.29) is 4.90 Å². The molecule has 0 atom stereocenters. The number of ether oxygens (including phenoxy) is 1. The van der Waals surface area contributed by atoms with Crippen molar-refractivity contribution in [3.05, 3.63) is 24.3 Å². The van der Waals surface area contributed by atoms with E-state index in [1.807, 2.05) is 20.8 Å². The molecule has 0 aromatic heterocycles. The molecular weight excluding hydrogens is 276 g/mol. The molecule has 1 rings (SSSR count). The Morgan fingerprint density at radius 2 is 1.85 bits per heavy atom. The standard InChI is InChI=1S/C14H24N2O3S/c1-4-9-14(2,3)16-20(17,18)13-7-5-12(6-8-13)19-11-10-15/h5-8,16H,4,9-11,15H2,1-3H3. The Labute approximate surface area is 121 Å². The lowest BCUT2D eigenvalue weighted by Crippen LogP contribution is -2.43. The summed E-state index contributed by atoms with van der Waals surface area (Å²) in [6, 6.07) is 6.35. The molecule has 6 heteroatoms. The lowest BCUT2D eigenvalue weighted by Gasteiger charge is -2.25. The predicted octanol–water partition coefficient (Wildman–Crippen LogP) is 1.88. The van der Waals surface area contributed by atoms with Crippen molar-refractivity contribution < 1.29 is 13.2 Å². The maximum absolute atomic E-state index is 12.3. The number of nitrogens with one attached hydrogen (secondary N) is 1. The fourth-order valence-electron chi connectivity index (χ4n) is 1.99. The highest BCUT2D eigenvalue weighted by atomic mass is 32.2. The summed E-state index contributed by atoms with van der Waals surface area (Å²) in [5.41, 5.74) is 4.89. The molecular formula is C14H24N2O3S. The molecule has 0 saturated carbocycles. The average Bonchev–Trinajstić information content (AvgIpc) is 2.35. The number of hydrogen-bond donors (Lipinski definition) is 2. The highest BCUT2D eigenvalue weighted by molar-refractivity contribution is 7.89. The topological polar surface area (TPSA) is 81.4 Å². The Morgan fingerprint density at radius 3 is 2.35 bits per heavy atom. The van der Waals surface area contributed by atoms with Crippen LogP contribution >= 0.6 is 0 Å². The molecule has 114 valence electrons. The second kappa shape index (κ2) is 7.06. The van der Waals surface area contributed by atoms with Crippen LogP contribution in [0.25, 0.3) is 0 Å². The van der Waals surface area contributed by atoms with Gasteiger partial charge in [0.2, 0.25) is 10.0 Å². The van der Waals surface area contributed by atoms with E-state index in [1.54, 1.807) is 12.1 Å². The van der Waals surface area contributed by atoms with Crippen LogP contribution < -0.4 is 15.2 Å². The zero-order chi connectivity index (χ0) is 15.2. The van der Waals surface area contributed by atoms with Crippen molar-refractivity contribution in [2.75, 3.05) is 13.2 Å². The second-order valence-electron chi connectivity index (χ2n) is 5.35. The highest BCUT2D eigenvalue weighted by Gasteiger charge is 2.25. The number of benzene rings is 1. The quantitative estimate of drug-likeness (QED) is 0.768. The molecule has 0 radical (unpaired) electrons. The zero-order valence-electron chi connectivity index (χ0n) is 12.3. The lowest BCUT2D eigenvalue weighted by molar-refractivity contribution is 0.328. The largest absolute Gasteiger partial charge is 0.492 e. The summed E-state index contributed by atoms with van der Waals surface area (Å²) in [5.74, 6) is 0.613. The van der Waals surface area contributed by atoms with Crippen molar-refractivity contribution in [2.24, 2.45) is 5.73 Å². The van der Waals surface area contributed by atoms with E-state index in [9.17, 15) is 8.42 Å². The number of hydrogen-bond acceptors (Lipinski definition) is 4. The van der Waals surface area contributed by atoms with Gasteiger partial charge in [0.05, 0.1) is 4.90 Å². The normalized spacial score (nSPS) is 12.4. The molecule has 0 fully saturated rings. The third kappa shape index (κ3) is 5.11. The van der Waals surface area contributed by atoms with Crippen molar-refractivity contribution in [1.29, 1.82) is 0 Å². The van der Waals surface area contributed by atoms with Crippen molar-refractivity contribution in [3.63, 3.8) is 0 Å². The van der Waals surface area contributed by atoms with Crippen LogP contribution in [0.5, 0.6) is 5.75 Å². The van der Waals surface area contributed by atoms with Gasteiger partial charge in [-0.05, 0) is 44.5 Å². The van der Waals surface area contributed by atoms with Crippen LogP contribution in [-0.2, 0) is 10.0 Å². The Hall–Kier alpha value is -1.11. The summed E-state index contributed by atoms with van der Waals surface area (Å²) < 4.78 is 32.6. The van der Waals surface area contributed by atoms with Gasteiger partial charge >= 0.3 is 0 Å². The summed E-state index contributed by atoms with van der Waals surface area (Å²) in [6.07, 6.45) is 1.70. The molecule has 0 aliphatic rings. The first kappa shape index (κ1) is 16.9. The molecule has 0 spiro atoms. The molecule has 0 aliphatic heterocycles. The molecule has 0 unspecified atom stereocenters. The minimum Gasteiger partial charge on any atom is -0.492 e. The third-order valence-corrected chi connectivity index (χ3v) is 4.52. The molecule has 20 heavy (non-hydrogen) atoms. The van der Waals surface area contributed by atoms with Gasteiger partial charge in [-0.2, -0.15) is 0 Å². The van der Waals surface area contributed by atoms with Gasteiger partial charge in [-0.15, -0.1) is 0 Å². The highest BCUT2D eigenvalue weighted by Crippen LogP contribution is 2.19. The summed E-state index contributed by atoms with van der Waals surface area (Å²) in [5, 5.41) is 0. The minimum absolute atomic E-state index is 0.238. The van der Waals surface area contributed by atoms with E-state index in [1.165, 1.54) is 12.1 Å². The van der Waals surface area contributed by atoms with E-state index in [0.29, 0.717) is 18.9 Å². The van der Waals surface area contributed by atoms with Crippen molar-refractivity contribution in [1.82, 2.24) is 4.72 Å². The van der Waals surface area contributed by atoms with Crippen LogP contribution in [0.1, 0.15) is 33.6 Å². The van der Waals surface area contributed by atoms with Gasteiger partial charge in [0.1, 0.15) is 12.4 Å². The second-order valence-corrected chi connectivity index (χ2v) is 7.03. The SMILES string of the molecule is CCCC(C)(C)NS(=O)(=O)c1ccc(OCCN)cc1. The fraction of sp³-hybridized carbons (Fsp3) is 0.571. The summed E-state index contributed by atoms with van der Waals surface area (Å²) in [7, 11) is -3.51. The summed E-state index contributed by atoms with van der Waals surface area (Å²) in [6.45, 7) is 6.62. The number of sulfonamides is 1. The summed E-state index contributed by atoms with van der Waals surface area (Å²) >= 11 is 0. The lowest BCUT2D eigenvalue weighted by atomic mass is 10.0. The third-order valence-electron chi connectivity index (χ3n) is 2.81. The Kier molecular flexibility index (Phi) is 5.98. The molecule has 5 nitrogen and oxygen atoms in total. The molecule has 0 saturated heterocycles. The fourth-order valence-corrected chi connectivity index (χ4v) is 3.43. The van der Waals surface area contributed by atoms with Gasteiger partial charge < -0.3 is 10.5 Å². The smallest absolute Gasteiger partial charge is 0.241 e. The van der Waals surface area contributed by atoms with Crippen LogP contribution in [0, 0.1) is 0 Å². The zero-order valence-corrected chi connectivity index (χ0v) is 13.2. The molecule has 1 aromatic rings. The van der Waals surface area contributed by atoms with Crippen LogP contribution in [0.15, 0.2) is 29.2 Å².